The molecule has 0 aliphatic heterocycles. The number of nitrogens with zero attached hydrogens (tertiary/aromatic N) is 2. The number of hydrogen-bond donors (Lipinski definition) is 0. The Balaban J connectivity index is 2.66. The van der Waals surface area contributed by atoms with Gasteiger partial charge >= 0.3 is 0 Å². The van der Waals surface area contributed by atoms with Gasteiger partial charge in [0.2, 0.25) is 0 Å². The van der Waals surface area contributed by atoms with Crippen molar-refractivity contribution in [3.05, 3.63) is 34.9 Å². The minimum Gasteiger partial charge on any atom is -0.293 e. The molecule has 0 saturated carbocycles. The lowest BCUT2D eigenvalue weighted by atomic mass is 10.1. The second kappa shape index (κ2) is 7.15. The highest BCUT2D eigenvalue weighted by Gasteiger charge is 2.14. The molecule has 0 radical (unpaired) electrons. The minimum absolute atomic E-state index is 0.0540. The SMILES string of the molecule is CC(C)N(CCC#N)CC(=O)c1ccc(Cl)cc1. The fraction of sp³-hybridized carbons (Fsp3) is 0.429. The van der Waals surface area contributed by atoms with Gasteiger partial charge in [-0.05, 0) is 38.1 Å². The van der Waals surface area contributed by atoms with Crippen molar-refractivity contribution < 1.29 is 4.79 Å². The molecule has 0 spiro atoms. The van der Waals surface area contributed by atoms with Crippen LogP contribution in [0, 0.1) is 11.3 Å². The Morgan fingerprint density at radius 3 is 2.50 bits per heavy atom. The quantitative estimate of drug-likeness (QED) is 0.742. The van der Waals surface area contributed by atoms with Gasteiger partial charge in [0, 0.05) is 29.6 Å². The first kappa shape index (κ1) is 14.7. The van der Waals surface area contributed by atoms with Crippen LogP contribution < -0.4 is 0 Å². The van der Waals surface area contributed by atoms with Crippen LogP contribution in [0.4, 0.5) is 0 Å². The van der Waals surface area contributed by atoms with E-state index in [0.717, 1.165) is 0 Å². The molecule has 1 rings (SSSR count). The summed E-state index contributed by atoms with van der Waals surface area (Å²) in [5.74, 6) is 0.0540. The molecule has 1 aromatic carbocycles. The van der Waals surface area contributed by atoms with Crippen molar-refractivity contribution in [2.24, 2.45) is 0 Å². The molecule has 4 heteroatoms. The monoisotopic (exact) mass is 264 g/mol. The number of carbonyl (C=O) groups excluding carboxylic acids is 1. The standard InChI is InChI=1S/C14H17ClN2O/c1-11(2)17(9-3-8-16)10-14(18)12-4-6-13(15)7-5-12/h4-7,11H,3,9-10H2,1-2H3. The zero-order chi connectivity index (χ0) is 13.5. The summed E-state index contributed by atoms with van der Waals surface area (Å²) < 4.78 is 0. The number of nitriles is 1. The third kappa shape index (κ3) is 4.48. The molecule has 1 aromatic rings. The third-order valence-electron chi connectivity index (χ3n) is 2.75. The molecule has 3 nitrogen and oxygen atoms in total. The number of hydrogen-bond acceptors (Lipinski definition) is 3. The Hall–Kier alpha value is -1.37. The molecule has 0 unspecified atom stereocenters. The first-order chi connectivity index (χ1) is 8.54. The van der Waals surface area contributed by atoms with E-state index in [1.807, 2.05) is 18.7 Å². The number of ketones is 1. The van der Waals surface area contributed by atoms with E-state index in [2.05, 4.69) is 6.07 Å². The van der Waals surface area contributed by atoms with Gasteiger partial charge in [-0.15, -0.1) is 0 Å². The lowest BCUT2D eigenvalue weighted by molar-refractivity contribution is 0.0908. The van der Waals surface area contributed by atoms with Gasteiger partial charge in [0.1, 0.15) is 0 Å². The van der Waals surface area contributed by atoms with Gasteiger partial charge in [-0.2, -0.15) is 5.26 Å². The number of halogens is 1. The highest BCUT2D eigenvalue weighted by atomic mass is 35.5. The van der Waals surface area contributed by atoms with Gasteiger partial charge in [-0.3, -0.25) is 9.69 Å². The van der Waals surface area contributed by atoms with Gasteiger partial charge in [-0.1, -0.05) is 11.6 Å². The molecule has 0 aromatic heterocycles. The van der Waals surface area contributed by atoms with E-state index in [1.165, 1.54) is 0 Å². The molecule has 0 heterocycles. The summed E-state index contributed by atoms with van der Waals surface area (Å²) in [7, 11) is 0. The second-order valence-corrected chi connectivity index (χ2v) is 4.84. The van der Waals surface area contributed by atoms with Crippen molar-refractivity contribution in [2.45, 2.75) is 26.3 Å². The van der Waals surface area contributed by atoms with E-state index >= 15 is 0 Å². The summed E-state index contributed by atoms with van der Waals surface area (Å²) in [6.45, 7) is 4.99. The molecule has 0 aliphatic carbocycles. The number of Topliss-reactive ketones (excluding diaryl/α,β-unsaturated/α-hetero) is 1. The van der Waals surface area contributed by atoms with E-state index in [9.17, 15) is 4.79 Å². The Labute approximate surface area is 113 Å². The molecule has 96 valence electrons. The predicted octanol–water partition coefficient (Wildman–Crippen LogP) is 3.15. The Kier molecular flexibility index (Phi) is 5.84. The maximum atomic E-state index is 12.1. The molecule has 0 aliphatic rings. The Bertz CT molecular complexity index is 434. The zero-order valence-electron chi connectivity index (χ0n) is 10.7. The molecule has 0 saturated heterocycles. The van der Waals surface area contributed by atoms with E-state index < -0.39 is 0 Å². The number of benzene rings is 1. The average molecular weight is 265 g/mol. The first-order valence-corrected chi connectivity index (χ1v) is 6.32. The van der Waals surface area contributed by atoms with Gasteiger partial charge in [0.15, 0.2) is 5.78 Å². The van der Waals surface area contributed by atoms with Crippen LogP contribution in [0.25, 0.3) is 0 Å². The van der Waals surface area contributed by atoms with Gasteiger partial charge < -0.3 is 0 Å². The molecule has 0 amide bonds. The van der Waals surface area contributed by atoms with Crippen molar-refractivity contribution in [3.63, 3.8) is 0 Å². The molecule has 0 N–H and O–H groups in total. The molecule has 0 bridgehead atoms. The molecule has 18 heavy (non-hydrogen) atoms. The molecule has 0 fully saturated rings. The lowest BCUT2D eigenvalue weighted by Gasteiger charge is -2.24. The van der Waals surface area contributed by atoms with Crippen LogP contribution in [0.15, 0.2) is 24.3 Å². The van der Waals surface area contributed by atoms with Crippen molar-refractivity contribution in [3.8, 4) is 6.07 Å². The average Bonchev–Trinajstić information content (AvgIpc) is 2.34. The largest absolute Gasteiger partial charge is 0.293 e. The normalized spacial score (nSPS) is 10.7. The van der Waals surface area contributed by atoms with Crippen LogP contribution in [-0.4, -0.2) is 29.8 Å². The second-order valence-electron chi connectivity index (χ2n) is 4.40. The summed E-state index contributed by atoms with van der Waals surface area (Å²) >= 11 is 5.78. The molecular formula is C14H17ClN2O. The Morgan fingerprint density at radius 1 is 1.39 bits per heavy atom. The smallest absolute Gasteiger partial charge is 0.176 e. The third-order valence-corrected chi connectivity index (χ3v) is 3.01. The maximum absolute atomic E-state index is 12.1. The zero-order valence-corrected chi connectivity index (χ0v) is 11.4. The van der Waals surface area contributed by atoms with Crippen LogP contribution in [-0.2, 0) is 0 Å². The predicted molar refractivity (Wildman–Crippen MR) is 72.7 cm³/mol. The van der Waals surface area contributed by atoms with Crippen LogP contribution in [0.2, 0.25) is 5.02 Å². The van der Waals surface area contributed by atoms with Crippen LogP contribution >= 0.6 is 11.6 Å². The first-order valence-electron chi connectivity index (χ1n) is 5.94. The van der Waals surface area contributed by atoms with Crippen molar-refractivity contribution in [1.82, 2.24) is 4.90 Å². The van der Waals surface area contributed by atoms with Crippen LogP contribution in [0.3, 0.4) is 0 Å². The Morgan fingerprint density at radius 2 is 2.00 bits per heavy atom. The van der Waals surface area contributed by atoms with Crippen LogP contribution in [0.1, 0.15) is 30.6 Å². The van der Waals surface area contributed by atoms with Crippen molar-refractivity contribution in [2.75, 3.05) is 13.1 Å². The number of carbonyl (C=O) groups is 1. The lowest BCUT2D eigenvalue weighted by Crippen LogP contribution is -2.36. The summed E-state index contributed by atoms with van der Waals surface area (Å²) in [4.78, 5) is 14.1. The fourth-order valence-electron chi connectivity index (χ4n) is 1.62. The van der Waals surface area contributed by atoms with E-state index in [1.54, 1.807) is 24.3 Å². The van der Waals surface area contributed by atoms with Crippen molar-refractivity contribution in [1.29, 1.82) is 5.26 Å². The molecule has 0 atom stereocenters. The summed E-state index contributed by atoms with van der Waals surface area (Å²) in [6, 6.07) is 9.23. The van der Waals surface area contributed by atoms with Gasteiger partial charge in [0.05, 0.1) is 12.6 Å². The maximum Gasteiger partial charge on any atom is 0.176 e. The number of rotatable bonds is 6. The van der Waals surface area contributed by atoms with Crippen LogP contribution in [0.5, 0.6) is 0 Å². The van der Waals surface area contributed by atoms with Gasteiger partial charge in [0.25, 0.3) is 0 Å². The minimum atomic E-state index is 0.0540. The van der Waals surface area contributed by atoms with Crippen molar-refractivity contribution >= 4 is 17.4 Å². The fourth-order valence-corrected chi connectivity index (χ4v) is 1.75. The topological polar surface area (TPSA) is 44.1 Å². The van der Waals surface area contributed by atoms with Gasteiger partial charge in [-0.25, -0.2) is 0 Å². The van der Waals surface area contributed by atoms with E-state index in [4.69, 9.17) is 16.9 Å². The van der Waals surface area contributed by atoms with E-state index in [-0.39, 0.29) is 11.8 Å². The summed E-state index contributed by atoms with van der Waals surface area (Å²) in [6.07, 6.45) is 0.437. The summed E-state index contributed by atoms with van der Waals surface area (Å²) in [5.41, 5.74) is 0.655. The molecular weight excluding hydrogens is 248 g/mol. The highest BCUT2D eigenvalue weighted by molar-refractivity contribution is 6.30. The summed E-state index contributed by atoms with van der Waals surface area (Å²) in [5, 5.41) is 9.22. The highest BCUT2D eigenvalue weighted by Crippen LogP contribution is 2.11. The van der Waals surface area contributed by atoms with E-state index in [0.29, 0.717) is 30.1 Å².